The van der Waals surface area contributed by atoms with E-state index in [9.17, 15) is 14.9 Å². The van der Waals surface area contributed by atoms with Gasteiger partial charge in [-0.1, -0.05) is 0 Å². The van der Waals surface area contributed by atoms with E-state index in [1.165, 1.54) is 24.3 Å². The standard InChI is InChI=1S/C14H21N2O3.BrH/c1-4-16(5-2,6-3)11-14(17)12-7-9-13(10-8-12)15(18)19;/h7-10H,4-6,11H2,1-3H3;1H/q+1;/p-1. The van der Waals surface area contributed by atoms with Crippen LogP contribution in [0.15, 0.2) is 24.3 Å². The van der Waals surface area contributed by atoms with Gasteiger partial charge in [0.25, 0.3) is 5.69 Å². The Morgan fingerprint density at radius 3 is 1.90 bits per heavy atom. The van der Waals surface area contributed by atoms with Gasteiger partial charge in [0.05, 0.1) is 24.6 Å². The van der Waals surface area contributed by atoms with E-state index in [0.717, 1.165) is 24.1 Å². The summed E-state index contributed by atoms with van der Waals surface area (Å²) in [6.07, 6.45) is 0. The fourth-order valence-corrected chi connectivity index (χ4v) is 2.17. The number of non-ortho nitro benzene ring substituents is 1. The molecular formula is C14H21BrN2O3. The molecule has 0 spiro atoms. The van der Waals surface area contributed by atoms with Gasteiger partial charge in [-0.3, -0.25) is 14.9 Å². The molecule has 0 unspecified atom stereocenters. The number of ketones is 1. The molecule has 1 aromatic carbocycles. The Bertz CT molecular complexity index is 448. The molecule has 1 aromatic rings. The second-order valence-electron chi connectivity index (χ2n) is 4.68. The Hall–Kier alpha value is -1.27. The molecule has 0 aliphatic rings. The molecule has 6 heteroatoms. The zero-order valence-corrected chi connectivity index (χ0v) is 13.7. The van der Waals surface area contributed by atoms with Gasteiger partial charge >= 0.3 is 0 Å². The fourth-order valence-electron chi connectivity index (χ4n) is 2.17. The molecule has 112 valence electrons. The number of rotatable bonds is 7. The maximum atomic E-state index is 12.2. The first-order valence-electron chi connectivity index (χ1n) is 6.60. The van der Waals surface area contributed by atoms with E-state index >= 15 is 0 Å². The van der Waals surface area contributed by atoms with E-state index in [2.05, 4.69) is 20.8 Å². The summed E-state index contributed by atoms with van der Waals surface area (Å²) in [6.45, 7) is 9.41. The van der Waals surface area contributed by atoms with Crippen molar-refractivity contribution in [2.75, 3.05) is 26.2 Å². The Balaban J connectivity index is 0.00000361. The van der Waals surface area contributed by atoms with Crippen LogP contribution in [-0.2, 0) is 0 Å². The van der Waals surface area contributed by atoms with Gasteiger partial charge in [0.2, 0.25) is 5.78 Å². The molecule has 0 fully saturated rings. The lowest BCUT2D eigenvalue weighted by molar-refractivity contribution is -0.915. The number of nitrogens with zero attached hydrogens (tertiary/aromatic N) is 2. The maximum Gasteiger partial charge on any atom is 0.269 e. The number of hydrogen-bond donors (Lipinski definition) is 0. The highest BCUT2D eigenvalue weighted by Crippen LogP contribution is 2.14. The summed E-state index contributed by atoms with van der Waals surface area (Å²) in [5.74, 6) is 0.0421. The molecule has 0 aliphatic heterocycles. The molecule has 0 amide bonds. The van der Waals surface area contributed by atoms with E-state index in [1.54, 1.807) is 0 Å². The molecule has 5 nitrogen and oxygen atoms in total. The molecule has 20 heavy (non-hydrogen) atoms. The number of quaternary nitrogens is 1. The van der Waals surface area contributed by atoms with Crippen molar-refractivity contribution in [1.82, 2.24) is 0 Å². The molecule has 0 aliphatic carbocycles. The van der Waals surface area contributed by atoms with Gasteiger partial charge in [0, 0.05) is 17.7 Å². The highest BCUT2D eigenvalue weighted by molar-refractivity contribution is 5.97. The van der Waals surface area contributed by atoms with Crippen molar-refractivity contribution in [2.45, 2.75) is 20.8 Å². The zero-order chi connectivity index (χ0) is 14.5. The van der Waals surface area contributed by atoms with Crippen molar-refractivity contribution >= 4 is 11.5 Å². The Morgan fingerprint density at radius 2 is 1.55 bits per heavy atom. The van der Waals surface area contributed by atoms with E-state index in [-0.39, 0.29) is 28.5 Å². The van der Waals surface area contributed by atoms with E-state index in [4.69, 9.17) is 0 Å². The van der Waals surface area contributed by atoms with Crippen LogP contribution in [-0.4, -0.2) is 41.4 Å². The monoisotopic (exact) mass is 344 g/mol. The molecule has 0 atom stereocenters. The predicted octanol–water partition coefficient (Wildman–Crippen LogP) is -0.342. The van der Waals surface area contributed by atoms with Gasteiger partial charge in [0.1, 0.15) is 6.54 Å². The molecule has 0 saturated carbocycles. The quantitative estimate of drug-likeness (QED) is 0.294. The molecule has 0 radical (unpaired) electrons. The van der Waals surface area contributed by atoms with Gasteiger partial charge in [-0.05, 0) is 32.9 Å². The van der Waals surface area contributed by atoms with Crippen LogP contribution in [0.5, 0.6) is 0 Å². The Morgan fingerprint density at radius 1 is 1.10 bits per heavy atom. The van der Waals surface area contributed by atoms with Crippen LogP contribution in [0.4, 0.5) is 5.69 Å². The summed E-state index contributed by atoms with van der Waals surface area (Å²) in [5, 5.41) is 10.6. The lowest BCUT2D eigenvalue weighted by Crippen LogP contribution is -3.00. The molecule has 0 N–H and O–H groups in total. The van der Waals surface area contributed by atoms with E-state index in [0.29, 0.717) is 12.1 Å². The lowest BCUT2D eigenvalue weighted by Gasteiger charge is -2.35. The first-order valence-corrected chi connectivity index (χ1v) is 6.60. The van der Waals surface area contributed by atoms with Gasteiger partial charge in [-0.15, -0.1) is 0 Å². The smallest absolute Gasteiger partial charge is 0.269 e. The number of benzene rings is 1. The number of likely N-dealkylation sites (N-methyl/N-ethyl adjacent to an activating group) is 1. The first-order chi connectivity index (χ1) is 8.98. The minimum absolute atomic E-state index is 0. The third-order valence-corrected chi connectivity index (χ3v) is 3.89. The second-order valence-corrected chi connectivity index (χ2v) is 4.68. The summed E-state index contributed by atoms with van der Waals surface area (Å²) < 4.78 is 0.746. The van der Waals surface area contributed by atoms with Crippen LogP contribution >= 0.6 is 0 Å². The number of halogens is 1. The molecule has 0 saturated heterocycles. The van der Waals surface area contributed by atoms with Crippen LogP contribution < -0.4 is 17.0 Å². The number of nitro benzene ring substituents is 1. The van der Waals surface area contributed by atoms with Crippen LogP contribution in [0.25, 0.3) is 0 Å². The normalized spacial score (nSPS) is 10.8. The maximum absolute atomic E-state index is 12.2. The average molecular weight is 345 g/mol. The number of hydrogen-bond acceptors (Lipinski definition) is 3. The number of carbonyl (C=O) groups excluding carboxylic acids is 1. The van der Waals surface area contributed by atoms with Gasteiger partial charge < -0.3 is 21.5 Å². The van der Waals surface area contributed by atoms with Gasteiger partial charge in [0.15, 0.2) is 0 Å². The van der Waals surface area contributed by atoms with Crippen LogP contribution in [0, 0.1) is 10.1 Å². The molecule has 0 bridgehead atoms. The van der Waals surface area contributed by atoms with E-state index < -0.39 is 4.92 Å². The number of nitro groups is 1. The molecule has 1 rings (SSSR count). The van der Waals surface area contributed by atoms with E-state index in [1.807, 2.05) is 0 Å². The summed E-state index contributed by atoms with van der Waals surface area (Å²) in [5.41, 5.74) is 0.558. The third kappa shape index (κ3) is 4.38. The molecule has 0 heterocycles. The minimum Gasteiger partial charge on any atom is -1.00 e. The van der Waals surface area contributed by atoms with Crippen LogP contribution in [0.2, 0.25) is 0 Å². The number of carbonyl (C=O) groups is 1. The SMILES string of the molecule is CC[N+](CC)(CC)CC(=O)c1ccc([N+](=O)[O-])cc1.[Br-]. The first kappa shape index (κ1) is 18.7. The van der Waals surface area contributed by atoms with Crippen LogP contribution in [0.3, 0.4) is 0 Å². The summed E-state index contributed by atoms with van der Waals surface area (Å²) in [7, 11) is 0. The average Bonchev–Trinajstić information content (AvgIpc) is 2.45. The van der Waals surface area contributed by atoms with Crippen molar-refractivity contribution in [3.63, 3.8) is 0 Å². The van der Waals surface area contributed by atoms with Gasteiger partial charge in [-0.25, -0.2) is 0 Å². The summed E-state index contributed by atoms with van der Waals surface area (Å²) >= 11 is 0. The van der Waals surface area contributed by atoms with Crippen molar-refractivity contribution in [2.24, 2.45) is 0 Å². The Labute approximate surface area is 130 Å². The lowest BCUT2D eigenvalue weighted by atomic mass is 10.1. The third-order valence-electron chi connectivity index (χ3n) is 3.89. The summed E-state index contributed by atoms with van der Waals surface area (Å²) in [6, 6.07) is 5.84. The largest absolute Gasteiger partial charge is 1.00 e. The van der Waals surface area contributed by atoms with Crippen molar-refractivity contribution in [3.8, 4) is 0 Å². The second kappa shape index (κ2) is 8.11. The zero-order valence-electron chi connectivity index (χ0n) is 12.1. The minimum atomic E-state index is -0.460. The molecule has 0 aromatic heterocycles. The highest BCUT2D eigenvalue weighted by atomic mass is 79.9. The van der Waals surface area contributed by atoms with Crippen molar-refractivity contribution in [3.05, 3.63) is 39.9 Å². The summed E-state index contributed by atoms with van der Waals surface area (Å²) in [4.78, 5) is 22.3. The van der Waals surface area contributed by atoms with Crippen molar-refractivity contribution < 1.29 is 31.2 Å². The highest BCUT2D eigenvalue weighted by Gasteiger charge is 2.25. The number of Topliss-reactive ketones (excluding diaryl/α,β-unsaturated/α-hetero) is 1. The van der Waals surface area contributed by atoms with Gasteiger partial charge in [-0.2, -0.15) is 0 Å². The molecular weight excluding hydrogens is 324 g/mol. The Kier molecular flexibility index (Phi) is 7.60. The predicted molar refractivity (Wildman–Crippen MR) is 74.2 cm³/mol. The van der Waals surface area contributed by atoms with Crippen molar-refractivity contribution in [1.29, 1.82) is 0 Å². The topological polar surface area (TPSA) is 60.2 Å². The van der Waals surface area contributed by atoms with Crippen LogP contribution in [0.1, 0.15) is 31.1 Å². The fraction of sp³-hybridized carbons (Fsp3) is 0.500.